The Labute approximate surface area is 140 Å². The van der Waals surface area contributed by atoms with Crippen LogP contribution in [0.4, 0.5) is 5.69 Å². The highest BCUT2D eigenvalue weighted by molar-refractivity contribution is 6.07. The molecule has 0 N–H and O–H groups in total. The number of nitrogens with zero attached hydrogens (tertiary/aromatic N) is 3. The van der Waals surface area contributed by atoms with Crippen molar-refractivity contribution in [2.24, 2.45) is 0 Å². The second kappa shape index (κ2) is 5.85. The Morgan fingerprint density at radius 1 is 1.08 bits per heavy atom. The van der Waals surface area contributed by atoms with Gasteiger partial charge in [0.1, 0.15) is 12.4 Å². The number of aryl methyl sites for hydroxylation is 1. The van der Waals surface area contributed by atoms with Gasteiger partial charge in [-0.25, -0.2) is 4.68 Å². The molecule has 0 fully saturated rings. The van der Waals surface area contributed by atoms with Gasteiger partial charge in [0.2, 0.25) is 0 Å². The molecule has 0 atom stereocenters. The molecule has 3 aromatic rings. The van der Waals surface area contributed by atoms with Crippen LogP contribution >= 0.6 is 0 Å². The maximum absolute atomic E-state index is 12.9. The summed E-state index contributed by atoms with van der Waals surface area (Å²) in [5, 5.41) is 4.28. The number of carbonyl (C=O) groups excluding carboxylic acids is 1. The predicted molar refractivity (Wildman–Crippen MR) is 91.9 cm³/mol. The summed E-state index contributed by atoms with van der Waals surface area (Å²) < 4.78 is 7.46. The second-order valence-electron chi connectivity index (χ2n) is 5.70. The summed E-state index contributed by atoms with van der Waals surface area (Å²) in [5.41, 5.74) is 3.47. The Bertz CT molecular complexity index is 884. The molecule has 0 aliphatic carbocycles. The van der Waals surface area contributed by atoms with E-state index in [1.165, 1.54) is 0 Å². The van der Waals surface area contributed by atoms with E-state index >= 15 is 0 Å². The Kier molecular flexibility index (Phi) is 3.54. The van der Waals surface area contributed by atoms with Crippen LogP contribution in [0, 0.1) is 6.92 Å². The van der Waals surface area contributed by atoms with Crippen molar-refractivity contribution >= 4 is 11.6 Å². The van der Waals surface area contributed by atoms with Gasteiger partial charge < -0.3 is 9.64 Å². The summed E-state index contributed by atoms with van der Waals surface area (Å²) in [6.07, 6.45) is 1.76. The summed E-state index contributed by atoms with van der Waals surface area (Å²) in [6, 6.07) is 17.1. The lowest BCUT2D eigenvalue weighted by Gasteiger charge is -2.29. The van der Waals surface area contributed by atoms with E-state index in [-0.39, 0.29) is 5.91 Å². The van der Waals surface area contributed by atoms with Crippen LogP contribution < -0.4 is 9.64 Å². The molecule has 1 aliphatic rings. The maximum atomic E-state index is 12.9. The van der Waals surface area contributed by atoms with Crippen LogP contribution in [0.5, 0.6) is 5.75 Å². The third kappa shape index (κ3) is 2.44. The number of anilines is 1. The highest BCUT2D eigenvalue weighted by atomic mass is 16.5. The summed E-state index contributed by atoms with van der Waals surface area (Å²) in [7, 11) is 0. The summed E-state index contributed by atoms with van der Waals surface area (Å²) in [6.45, 7) is 3.06. The molecule has 0 unspecified atom stereocenters. The molecule has 0 bridgehead atoms. The second-order valence-corrected chi connectivity index (χ2v) is 5.70. The minimum atomic E-state index is -0.0190. The van der Waals surface area contributed by atoms with E-state index in [4.69, 9.17) is 4.74 Å². The highest BCUT2D eigenvalue weighted by Crippen LogP contribution is 2.32. The van der Waals surface area contributed by atoms with Gasteiger partial charge in [-0.3, -0.25) is 4.79 Å². The van der Waals surface area contributed by atoms with Gasteiger partial charge in [-0.2, -0.15) is 5.10 Å². The van der Waals surface area contributed by atoms with Crippen LogP contribution in [-0.2, 0) is 0 Å². The van der Waals surface area contributed by atoms with Crippen LogP contribution in [0.3, 0.4) is 0 Å². The van der Waals surface area contributed by atoms with Gasteiger partial charge in [0.15, 0.2) is 0 Å². The van der Waals surface area contributed by atoms with Crippen molar-refractivity contribution in [3.05, 3.63) is 72.1 Å². The van der Waals surface area contributed by atoms with Gasteiger partial charge in [-0.05, 0) is 49.4 Å². The van der Waals surface area contributed by atoms with E-state index in [0.717, 1.165) is 22.8 Å². The molecular weight excluding hydrogens is 302 g/mol. The lowest BCUT2D eigenvalue weighted by atomic mass is 10.1. The molecule has 0 saturated carbocycles. The van der Waals surface area contributed by atoms with Crippen LogP contribution in [0.2, 0.25) is 0 Å². The van der Waals surface area contributed by atoms with Crippen LogP contribution in [-0.4, -0.2) is 28.8 Å². The predicted octanol–water partition coefficient (Wildman–Crippen LogP) is 3.22. The molecule has 0 radical (unpaired) electrons. The van der Waals surface area contributed by atoms with E-state index in [1.807, 2.05) is 66.2 Å². The average Bonchev–Trinajstić information content (AvgIpc) is 3.07. The molecule has 1 amide bonds. The van der Waals surface area contributed by atoms with Crippen LogP contribution in [0.15, 0.2) is 60.8 Å². The molecule has 24 heavy (non-hydrogen) atoms. The Morgan fingerprint density at radius 2 is 1.88 bits per heavy atom. The number of carbonyl (C=O) groups is 1. The molecule has 2 heterocycles. The van der Waals surface area contributed by atoms with E-state index < -0.39 is 0 Å². The maximum Gasteiger partial charge on any atom is 0.258 e. The smallest absolute Gasteiger partial charge is 0.258 e. The topological polar surface area (TPSA) is 47.4 Å². The number of benzene rings is 2. The minimum Gasteiger partial charge on any atom is -0.490 e. The number of hydrogen-bond acceptors (Lipinski definition) is 3. The Balaban J connectivity index is 1.63. The van der Waals surface area contributed by atoms with E-state index in [1.54, 1.807) is 11.1 Å². The lowest BCUT2D eigenvalue weighted by molar-refractivity contribution is 0.0976. The third-order valence-corrected chi connectivity index (χ3v) is 4.16. The van der Waals surface area contributed by atoms with E-state index in [9.17, 15) is 4.79 Å². The van der Waals surface area contributed by atoms with Crippen molar-refractivity contribution in [1.29, 1.82) is 0 Å². The Morgan fingerprint density at radius 3 is 2.62 bits per heavy atom. The zero-order valence-corrected chi connectivity index (χ0v) is 13.3. The van der Waals surface area contributed by atoms with Gasteiger partial charge >= 0.3 is 0 Å². The fourth-order valence-electron chi connectivity index (χ4n) is 2.92. The minimum absolute atomic E-state index is 0.0190. The summed E-state index contributed by atoms with van der Waals surface area (Å²) in [4.78, 5) is 14.6. The molecule has 1 aliphatic heterocycles. The molecular formula is C19H17N3O2. The number of aromatic nitrogens is 2. The van der Waals surface area contributed by atoms with Crippen molar-refractivity contribution in [3.63, 3.8) is 0 Å². The zero-order valence-electron chi connectivity index (χ0n) is 13.3. The standard InChI is InChI=1S/C19H17N3O2/c1-14-10-11-20-22(14)16-8-6-15(7-9-16)19(23)21-12-13-24-18-5-3-2-4-17(18)21/h2-11H,12-13H2,1H3. The fraction of sp³-hybridized carbons (Fsp3) is 0.158. The van der Waals surface area contributed by atoms with Crippen LogP contribution in [0.25, 0.3) is 5.69 Å². The third-order valence-electron chi connectivity index (χ3n) is 4.16. The Hall–Kier alpha value is -3.08. The van der Waals surface area contributed by atoms with E-state index in [0.29, 0.717) is 18.7 Å². The SMILES string of the molecule is Cc1ccnn1-c1ccc(C(=O)N2CCOc3ccccc32)cc1. The van der Waals surface area contributed by atoms with Gasteiger partial charge in [-0.1, -0.05) is 12.1 Å². The number of para-hydroxylation sites is 2. The molecule has 2 aromatic carbocycles. The number of ether oxygens (including phenoxy) is 1. The normalized spacial score (nSPS) is 13.3. The summed E-state index contributed by atoms with van der Waals surface area (Å²) in [5.74, 6) is 0.732. The molecule has 0 saturated heterocycles. The first kappa shape index (κ1) is 14.5. The molecule has 0 spiro atoms. The molecule has 1 aromatic heterocycles. The fourth-order valence-corrected chi connectivity index (χ4v) is 2.92. The first-order chi connectivity index (χ1) is 11.7. The number of fused-ring (bicyclic) bond motifs is 1. The summed E-state index contributed by atoms with van der Waals surface area (Å²) >= 11 is 0. The van der Waals surface area contributed by atoms with Crippen molar-refractivity contribution in [3.8, 4) is 11.4 Å². The quantitative estimate of drug-likeness (QED) is 0.728. The lowest BCUT2D eigenvalue weighted by Crippen LogP contribution is -2.37. The molecule has 4 rings (SSSR count). The first-order valence-corrected chi connectivity index (χ1v) is 7.89. The molecule has 5 nitrogen and oxygen atoms in total. The van der Waals surface area contributed by atoms with E-state index in [2.05, 4.69) is 5.10 Å². The van der Waals surface area contributed by atoms with Gasteiger partial charge in [0, 0.05) is 17.5 Å². The number of amides is 1. The molecule has 120 valence electrons. The average molecular weight is 319 g/mol. The largest absolute Gasteiger partial charge is 0.490 e. The molecule has 5 heteroatoms. The van der Waals surface area contributed by atoms with Gasteiger partial charge in [0.25, 0.3) is 5.91 Å². The van der Waals surface area contributed by atoms with Crippen molar-refractivity contribution < 1.29 is 9.53 Å². The monoisotopic (exact) mass is 319 g/mol. The number of rotatable bonds is 2. The van der Waals surface area contributed by atoms with Crippen LogP contribution in [0.1, 0.15) is 16.1 Å². The van der Waals surface area contributed by atoms with Gasteiger partial charge in [0.05, 0.1) is 17.9 Å². The number of hydrogen-bond donors (Lipinski definition) is 0. The van der Waals surface area contributed by atoms with Crippen molar-refractivity contribution in [2.75, 3.05) is 18.1 Å². The van der Waals surface area contributed by atoms with Crippen molar-refractivity contribution in [2.45, 2.75) is 6.92 Å². The first-order valence-electron chi connectivity index (χ1n) is 7.89. The van der Waals surface area contributed by atoms with Gasteiger partial charge in [-0.15, -0.1) is 0 Å². The highest BCUT2D eigenvalue weighted by Gasteiger charge is 2.24. The van der Waals surface area contributed by atoms with Crippen molar-refractivity contribution in [1.82, 2.24) is 9.78 Å². The zero-order chi connectivity index (χ0) is 16.5.